The lowest BCUT2D eigenvalue weighted by molar-refractivity contribution is -0.883. The van der Waals surface area contributed by atoms with Gasteiger partial charge in [-0.05, 0) is 24.3 Å². The molecule has 1 aromatic carbocycles. The summed E-state index contributed by atoms with van der Waals surface area (Å²) >= 11 is 5.59. The molecule has 18 heavy (non-hydrogen) atoms. The van der Waals surface area contributed by atoms with Crippen molar-refractivity contribution in [3.63, 3.8) is 0 Å². The van der Waals surface area contributed by atoms with Gasteiger partial charge in [0.05, 0.1) is 33.2 Å². The van der Waals surface area contributed by atoms with Crippen LogP contribution in [0.3, 0.4) is 0 Å². The molecule has 0 saturated carbocycles. The predicted molar refractivity (Wildman–Crippen MR) is 80.7 cm³/mol. The van der Waals surface area contributed by atoms with E-state index in [1.54, 1.807) is 4.90 Å². The minimum absolute atomic E-state index is 0.993. The van der Waals surface area contributed by atoms with Gasteiger partial charge in [-0.25, -0.2) is 0 Å². The van der Waals surface area contributed by atoms with E-state index in [1.165, 1.54) is 18.8 Å². The molecule has 1 aliphatic rings. The van der Waals surface area contributed by atoms with Crippen molar-refractivity contribution in [2.45, 2.75) is 0 Å². The highest BCUT2D eigenvalue weighted by Gasteiger charge is 2.19. The molecule has 4 heteroatoms. The van der Waals surface area contributed by atoms with Crippen LogP contribution < -0.4 is 9.80 Å². The maximum atomic E-state index is 5.59. The van der Waals surface area contributed by atoms with Gasteiger partial charge in [0, 0.05) is 25.3 Å². The molecule has 0 aliphatic carbocycles. The molecule has 1 aromatic rings. The Bertz CT molecular complexity index is 406. The number of likely N-dealkylation sites (N-methyl/N-ethyl adjacent to an activating group) is 1. The van der Waals surface area contributed by atoms with Gasteiger partial charge in [0.15, 0.2) is 0 Å². The average Bonchev–Trinajstić information content (AvgIpc) is 2.39. The molecule has 0 radical (unpaired) electrons. The highest BCUT2D eigenvalue weighted by molar-refractivity contribution is 7.80. The normalized spacial score (nSPS) is 16.7. The minimum Gasteiger partial charge on any atom is -0.378 e. The van der Waals surface area contributed by atoms with Crippen molar-refractivity contribution in [3.05, 3.63) is 29.8 Å². The number of rotatable bonds is 2. The van der Waals surface area contributed by atoms with Crippen LogP contribution in [0, 0.1) is 0 Å². The molecule has 1 fully saturated rings. The Morgan fingerprint density at radius 2 is 1.72 bits per heavy atom. The van der Waals surface area contributed by atoms with E-state index < -0.39 is 0 Å². The molecule has 0 spiro atoms. The maximum Gasteiger partial charge on any atom is 0.109 e. The van der Waals surface area contributed by atoms with Crippen molar-refractivity contribution < 1.29 is 4.90 Å². The summed E-state index contributed by atoms with van der Waals surface area (Å²) in [4.78, 5) is 7.02. The van der Waals surface area contributed by atoms with Crippen LogP contribution in [0.25, 0.3) is 0 Å². The van der Waals surface area contributed by atoms with E-state index in [0.29, 0.717) is 0 Å². The van der Waals surface area contributed by atoms with Crippen LogP contribution in [0.4, 0.5) is 5.69 Å². The van der Waals surface area contributed by atoms with Gasteiger partial charge in [0.25, 0.3) is 0 Å². The van der Waals surface area contributed by atoms with Gasteiger partial charge in [-0.2, -0.15) is 0 Å². The van der Waals surface area contributed by atoms with Gasteiger partial charge in [-0.3, -0.25) is 0 Å². The molecular formula is C14H22N3S+. The molecule has 1 aliphatic heterocycles. The van der Waals surface area contributed by atoms with Gasteiger partial charge in [0.1, 0.15) is 4.99 Å². The molecule has 0 bridgehead atoms. The third-order valence-electron chi connectivity index (χ3n) is 3.53. The number of thiocarbonyl (C=S) groups is 1. The Labute approximate surface area is 115 Å². The first-order valence-corrected chi connectivity index (χ1v) is 6.86. The first-order chi connectivity index (χ1) is 8.58. The van der Waals surface area contributed by atoms with E-state index in [0.717, 1.165) is 23.6 Å². The molecule has 98 valence electrons. The van der Waals surface area contributed by atoms with Gasteiger partial charge in [-0.1, -0.05) is 12.2 Å². The number of nitrogens with one attached hydrogen (secondary N) is 1. The first kappa shape index (κ1) is 13.3. The summed E-state index contributed by atoms with van der Waals surface area (Å²) in [5.41, 5.74) is 2.37. The van der Waals surface area contributed by atoms with Crippen molar-refractivity contribution in [2.24, 2.45) is 0 Å². The quantitative estimate of drug-likeness (QED) is 0.769. The van der Waals surface area contributed by atoms with Crippen LogP contribution in [0.1, 0.15) is 5.56 Å². The minimum atomic E-state index is 0.993. The molecule has 3 nitrogen and oxygen atoms in total. The topological polar surface area (TPSA) is 10.9 Å². The summed E-state index contributed by atoms with van der Waals surface area (Å²) in [6, 6.07) is 8.51. The van der Waals surface area contributed by atoms with E-state index in [4.69, 9.17) is 12.2 Å². The molecule has 1 N–H and O–H groups in total. The fraction of sp³-hybridized carbons (Fsp3) is 0.500. The second kappa shape index (κ2) is 5.67. The molecule has 1 heterocycles. The largest absolute Gasteiger partial charge is 0.378 e. The highest BCUT2D eigenvalue weighted by atomic mass is 32.1. The first-order valence-electron chi connectivity index (χ1n) is 6.46. The second-order valence-corrected chi connectivity index (χ2v) is 5.58. The van der Waals surface area contributed by atoms with E-state index in [-0.39, 0.29) is 0 Å². The zero-order chi connectivity index (χ0) is 13.1. The summed E-state index contributed by atoms with van der Waals surface area (Å²) < 4.78 is 0. The summed E-state index contributed by atoms with van der Waals surface area (Å²) in [6.45, 7) is 4.49. The average molecular weight is 264 g/mol. The lowest BCUT2D eigenvalue weighted by atomic mass is 10.1. The number of nitrogens with zero attached hydrogens (tertiary/aromatic N) is 2. The Balaban J connectivity index is 2.04. The Morgan fingerprint density at radius 1 is 1.17 bits per heavy atom. The lowest BCUT2D eigenvalue weighted by Gasteiger charge is -2.32. The number of benzene rings is 1. The summed E-state index contributed by atoms with van der Waals surface area (Å²) in [7, 11) is 6.35. The molecule has 0 aromatic heterocycles. The predicted octanol–water partition coefficient (Wildman–Crippen LogP) is 0.258. The Morgan fingerprint density at radius 3 is 2.22 bits per heavy atom. The van der Waals surface area contributed by atoms with E-state index in [2.05, 4.69) is 55.2 Å². The Hall–Kier alpha value is -1.13. The summed E-state index contributed by atoms with van der Waals surface area (Å²) in [5, 5.41) is 0. The maximum absolute atomic E-state index is 5.59. The Kier molecular flexibility index (Phi) is 4.19. The van der Waals surface area contributed by atoms with Crippen LogP contribution in [-0.2, 0) is 0 Å². The van der Waals surface area contributed by atoms with Crippen molar-refractivity contribution >= 4 is 22.9 Å². The van der Waals surface area contributed by atoms with E-state index in [9.17, 15) is 0 Å². The number of piperazine rings is 1. The summed E-state index contributed by atoms with van der Waals surface area (Å²) in [5.74, 6) is 0. The zero-order valence-corrected chi connectivity index (χ0v) is 12.3. The highest BCUT2D eigenvalue weighted by Crippen LogP contribution is 2.14. The fourth-order valence-corrected chi connectivity index (χ4v) is 2.49. The molecule has 0 unspecified atom stereocenters. The second-order valence-electron chi connectivity index (χ2n) is 5.19. The van der Waals surface area contributed by atoms with Gasteiger partial charge < -0.3 is 14.7 Å². The number of hydrogen-bond acceptors (Lipinski definition) is 2. The lowest BCUT2D eigenvalue weighted by Crippen LogP contribution is -3.12. The van der Waals surface area contributed by atoms with Crippen LogP contribution in [0.5, 0.6) is 0 Å². The monoisotopic (exact) mass is 264 g/mol. The smallest absolute Gasteiger partial charge is 0.109 e. The van der Waals surface area contributed by atoms with Crippen LogP contribution >= 0.6 is 12.2 Å². The number of quaternary nitrogens is 1. The van der Waals surface area contributed by atoms with Gasteiger partial charge >= 0.3 is 0 Å². The molecular weight excluding hydrogens is 242 g/mol. The van der Waals surface area contributed by atoms with Crippen molar-refractivity contribution in [3.8, 4) is 0 Å². The van der Waals surface area contributed by atoms with Crippen molar-refractivity contribution in [2.75, 3.05) is 52.2 Å². The molecule has 0 atom stereocenters. The van der Waals surface area contributed by atoms with Crippen LogP contribution in [0.15, 0.2) is 24.3 Å². The zero-order valence-electron chi connectivity index (χ0n) is 11.4. The van der Waals surface area contributed by atoms with E-state index in [1.807, 2.05) is 0 Å². The fourth-order valence-electron chi connectivity index (χ4n) is 2.18. The standard InChI is InChI=1S/C14H21N3S/c1-15(2)13-6-4-12(5-7-13)14(18)17-10-8-16(3)9-11-17/h4-7H,8-11H2,1-3H3/p+1. The van der Waals surface area contributed by atoms with Crippen LogP contribution in [-0.4, -0.2) is 57.2 Å². The van der Waals surface area contributed by atoms with E-state index >= 15 is 0 Å². The number of anilines is 1. The molecule has 2 rings (SSSR count). The van der Waals surface area contributed by atoms with Crippen LogP contribution in [0.2, 0.25) is 0 Å². The van der Waals surface area contributed by atoms with Gasteiger partial charge in [0.2, 0.25) is 0 Å². The third kappa shape index (κ3) is 3.00. The van der Waals surface area contributed by atoms with Gasteiger partial charge in [-0.15, -0.1) is 0 Å². The van der Waals surface area contributed by atoms with Crippen molar-refractivity contribution in [1.82, 2.24) is 4.90 Å². The molecule has 1 saturated heterocycles. The van der Waals surface area contributed by atoms with Crippen molar-refractivity contribution in [1.29, 1.82) is 0 Å². The molecule has 0 amide bonds. The SMILES string of the molecule is CN(C)c1ccc(C(=S)N2CC[NH+](C)CC2)cc1. The third-order valence-corrected chi connectivity index (χ3v) is 4.03. The summed E-state index contributed by atoms with van der Waals surface area (Å²) in [6.07, 6.45) is 0. The number of hydrogen-bond donors (Lipinski definition) is 1.